The van der Waals surface area contributed by atoms with Gasteiger partial charge in [-0.15, -0.1) is 6.58 Å². The third-order valence-corrected chi connectivity index (χ3v) is 11.8. The van der Waals surface area contributed by atoms with Crippen LogP contribution >= 0.6 is 0 Å². The highest BCUT2D eigenvalue weighted by Crippen LogP contribution is 2.59. The minimum absolute atomic E-state index is 0.0257. The van der Waals surface area contributed by atoms with Crippen LogP contribution < -0.4 is 14.7 Å². The molecule has 0 saturated carbocycles. The molecule has 5 atom stereocenters. The van der Waals surface area contributed by atoms with Gasteiger partial charge in [0.2, 0.25) is 0 Å². The van der Waals surface area contributed by atoms with Crippen molar-refractivity contribution in [3.63, 3.8) is 0 Å². The molecule has 5 aromatic rings. The van der Waals surface area contributed by atoms with Gasteiger partial charge >= 0.3 is 0 Å². The zero-order valence-electron chi connectivity index (χ0n) is 26.9. The SMILES string of the molecule is C=CC1(c2ccccc2N2C=CN3CCCN4C=CN5c6ccccc6C(C45)C32)c2ccc3c(oc4ccccc43)c2N2C=CN(C)C21. The maximum Gasteiger partial charge on any atom is 0.159 e. The Morgan fingerprint density at radius 1 is 0.688 bits per heavy atom. The molecule has 0 radical (unpaired) electrons. The van der Waals surface area contributed by atoms with E-state index in [1.54, 1.807) is 0 Å². The zero-order chi connectivity index (χ0) is 31.7. The van der Waals surface area contributed by atoms with Crippen LogP contribution in [0.1, 0.15) is 29.0 Å². The predicted octanol–water partition coefficient (Wildman–Crippen LogP) is 7.66. The lowest BCUT2D eigenvalue weighted by Crippen LogP contribution is -2.54. The van der Waals surface area contributed by atoms with Crippen molar-refractivity contribution in [2.45, 2.75) is 36.3 Å². The van der Waals surface area contributed by atoms with Gasteiger partial charge in [-0.05, 0) is 41.3 Å². The highest BCUT2D eigenvalue weighted by molar-refractivity contribution is 6.11. The molecule has 1 saturated heterocycles. The van der Waals surface area contributed by atoms with Gasteiger partial charge in [-0.1, -0.05) is 72.8 Å². The van der Waals surface area contributed by atoms with E-state index in [1.807, 2.05) is 6.07 Å². The summed E-state index contributed by atoms with van der Waals surface area (Å²) in [5.41, 5.74) is 8.86. The zero-order valence-corrected chi connectivity index (χ0v) is 26.9. The number of nitrogens with zero attached hydrogens (tertiary/aromatic N) is 6. The molecule has 1 aromatic heterocycles. The molecule has 236 valence electrons. The Kier molecular flexibility index (Phi) is 5.13. The van der Waals surface area contributed by atoms with E-state index in [-0.39, 0.29) is 24.4 Å². The molecule has 0 amide bonds. The molecule has 5 unspecified atom stereocenters. The second-order valence-corrected chi connectivity index (χ2v) is 13.9. The smallest absolute Gasteiger partial charge is 0.159 e. The van der Waals surface area contributed by atoms with E-state index >= 15 is 0 Å². The van der Waals surface area contributed by atoms with Crippen molar-refractivity contribution in [3.05, 3.63) is 151 Å². The fourth-order valence-corrected chi connectivity index (χ4v) is 9.96. The summed E-state index contributed by atoms with van der Waals surface area (Å²) in [6, 6.07) is 31.0. The van der Waals surface area contributed by atoms with E-state index in [0.717, 1.165) is 47.1 Å². The quantitative estimate of drug-likeness (QED) is 0.190. The average Bonchev–Trinajstić information content (AvgIpc) is 3.95. The molecule has 6 aliphatic heterocycles. The summed E-state index contributed by atoms with van der Waals surface area (Å²) in [6.45, 7) is 6.68. The number of fused-ring (bicyclic) bond motifs is 12. The lowest BCUT2D eigenvalue weighted by Gasteiger charge is -2.45. The molecular formula is C41H36N6O. The lowest BCUT2D eigenvalue weighted by molar-refractivity contribution is 0.153. The maximum absolute atomic E-state index is 6.67. The number of anilines is 3. The summed E-state index contributed by atoms with van der Waals surface area (Å²) >= 11 is 0. The van der Waals surface area contributed by atoms with Crippen LogP contribution in [0.4, 0.5) is 17.1 Å². The number of hydrogen-bond donors (Lipinski definition) is 0. The lowest BCUT2D eigenvalue weighted by atomic mass is 9.72. The van der Waals surface area contributed by atoms with Crippen LogP contribution in [0.5, 0.6) is 0 Å². The van der Waals surface area contributed by atoms with Gasteiger partial charge in [0.1, 0.15) is 24.1 Å². The molecule has 0 bridgehead atoms. The molecule has 7 heteroatoms. The summed E-state index contributed by atoms with van der Waals surface area (Å²) in [7, 11) is 2.18. The van der Waals surface area contributed by atoms with Crippen LogP contribution in [-0.2, 0) is 5.41 Å². The molecule has 11 rings (SSSR count). The monoisotopic (exact) mass is 628 g/mol. The Morgan fingerprint density at radius 2 is 1.38 bits per heavy atom. The summed E-state index contributed by atoms with van der Waals surface area (Å²) < 4.78 is 6.67. The average molecular weight is 629 g/mol. The summed E-state index contributed by atoms with van der Waals surface area (Å²) in [5.74, 6) is 0.262. The molecule has 6 aliphatic rings. The largest absolute Gasteiger partial charge is 0.454 e. The first kappa shape index (κ1) is 26.5. The summed E-state index contributed by atoms with van der Waals surface area (Å²) in [5, 5.41) is 2.29. The maximum atomic E-state index is 6.67. The van der Waals surface area contributed by atoms with Crippen LogP contribution in [0.25, 0.3) is 21.9 Å². The first-order valence-corrected chi connectivity index (χ1v) is 17.1. The number of likely N-dealkylation sites (N-methyl/N-ethyl adjacent to an activating group) is 1. The normalized spacial score (nSPS) is 27.5. The van der Waals surface area contributed by atoms with E-state index in [1.165, 1.54) is 28.1 Å². The van der Waals surface area contributed by atoms with Gasteiger partial charge < -0.3 is 33.8 Å². The van der Waals surface area contributed by atoms with Gasteiger partial charge in [-0.3, -0.25) is 0 Å². The topological polar surface area (TPSA) is 32.6 Å². The van der Waals surface area contributed by atoms with Crippen LogP contribution in [-0.4, -0.2) is 53.3 Å². The third-order valence-electron chi connectivity index (χ3n) is 11.8. The van der Waals surface area contributed by atoms with E-state index in [0.29, 0.717) is 0 Å². The molecule has 7 nitrogen and oxygen atoms in total. The van der Waals surface area contributed by atoms with Crippen molar-refractivity contribution in [2.75, 3.05) is 34.8 Å². The molecule has 7 heterocycles. The van der Waals surface area contributed by atoms with E-state index in [4.69, 9.17) is 4.42 Å². The van der Waals surface area contributed by atoms with Crippen molar-refractivity contribution in [1.82, 2.24) is 14.7 Å². The number of hydrogen-bond acceptors (Lipinski definition) is 7. The van der Waals surface area contributed by atoms with Crippen LogP contribution in [0.15, 0.2) is 139 Å². The minimum atomic E-state index is -0.541. The van der Waals surface area contributed by atoms with Crippen LogP contribution in [0.3, 0.4) is 0 Å². The second kappa shape index (κ2) is 9.28. The molecule has 1 fully saturated rings. The predicted molar refractivity (Wildman–Crippen MR) is 192 cm³/mol. The van der Waals surface area contributed by atoms with Crippen molar-refractivity contribution in [1.29, 1.82) is 0 Å². The molecule has 0 N–H and O–H groups in total. The molecule has 0 aliphatic carbocycles. The van der Waals surface area contributed by atoms with E-state index in [2.05, 4.69) is 165 Å². The van der Waals surface area contributed by atoms with Crippen LogP contribution in [0.2, 0.25) is 0 Å². The number of para-hydroxylation sites is 3. The van der Waals surface area contributed by atoms with Crippen molar-refractivity contribution in [3.8, 4) is 0 Å². The van der Waals surface area contributed by atoms with Crippen molar-refractivity contribution in [2.24, 2.45) is 0 Å². The Balaban J connectivity index is 1.12. The Hall–Kier alpha value is -5.56. The fourth-order valence-electron chi connectivity index (χ4n) is 9.96. The third kappa shape index (κ3) is 3.10. The standard InChI is InChI=1S/C41H36N6O/c1-3-41(31-18-17-28-27-11-5-9-16-34(27)48-37(28)36(31)47-24-21-42(2)40(41)47)30-13-6-8-15-33(30)46-26-23-44-20-10-19-43-22-25-45-32-14-7-4-12-29(32)35(38(43)45)39(44)46/h3-9,11-18,21-26,35,38-40H,1,10,19-20H2,2H3. The first-order valence-electron chi connectivity index (χ1n) is 17.1. The van der Waals surface area contributed by atoms with Gasteiger partial charge in [0, 0.05) is 79.5 Å². The minimum Gasteiger partial charge on any atom is -0.454 e. The molecule has 48 heavy (non-hydrogen) atoms. The van der Waals surface area contributed by atoms with Gasteiger partial charge in [0.15, 0.2) is 5.58 Å². The Bertz CT molecular complexity index is 2270. The van der Waals surface area contributed by atoms with Gasteiger partial charge in [-0.25, -0.2) is 0 Å². The molecule has 0 spiro atoms. The fraction of sp³-hybridized carbons (Fsp3) is 0.220. The molecule has 4 aromatic carbocycles. The van der Waals surface area contributed by atoms with Crippen LogP contribution in [0, 0.1) is 0 Å². The Labute approximate surface area is 280 Å². The van der Waals surface area contributed by atoms with Crippen molar-refractivity contribution < 1.29 is 4.42 Å². The van der Waals surface area contributed by atoms with Gasteiger partial charge in [-0.2, -0.15) is 0 Å². The number of furan rings is 1. The number of benzene rings is 4. The second-order valence-electron chi connectivity index (χ2n) is 13.9. The van der Waals surface area contributed by atoms with Crippen molar-refractivity contribution >= 4 is 39.0 Å². The first-order chi connectivity index (χ1) is 23.7. The van der Waals surface area contributed by atoms with E-state index in [9.17, 15) is 0 Å². The van der Waals surface area contributed by atoms with Gasteiger partial charge in [0.25, 0.3) is 0 Å². The van der Waals surface area contributed by atoms with E-state index < -0.39 is 5.41 Å². The Morgan fingerprint density at radius 3 is 2.19 bits per heavy atom. The summed E-state index contributed by atoms with van der Waals surface area (Å²) in [4.78, 5) is 15.0. The molecular weight excluding hydrogens is 592 g/mol. The highest BCUT2D eigenvalue weighted by Gasteiger charge is 2.57. The van der Waals surface area contributed by atoms with Gasteiger partial charge in [0.05, 0.1) is 17.0 Å². The highest BCUT2D eigenvalue weighted by atomic mass is 16.3. The summed E-state index contributed by atoms with van der Waals surface area (Å²) in [6.07, 6.45) is 17.3. The number of rotatable bonds is 3.